The Kier molecular flexibility index (Phi) is 4.97. The van der Waals surface area contributed by atoms with E-state index < -0.39 is 0 Å². The number of Topliss-reactive ketones (excluding diaryl/α,β-unsaturated/α-hetero) is 1. The molecule has 1 aromatic carbocycles. The number of hydrogen-bond acceptors (Lipinski definition) is 5. The summed E-state index contributed by atoms with van der Waals surface area (Å²) in [6.07, 6.45) is 0. The van der Waals surface area contributed by atoms with Crippen molar-refractivity contribution in [1.29, 1.82) is 0 Å². The summed E-state index contributed by atoms with van der Waals surface area (Å²) in [6.45, 7) is 5.18. The molecular formula is C15H18N4O2S. The topological polar surface area (TPSA) is 76.9 Å². The highest BCUT2D eigenvalue weighted by Crippen LogP contribution is 2.22. The molecule has 0 radical (unpaired) electrons. The van der Waals surface area contributed by atoms with Crippen LogP contribution in [0, 0.1) is 6.92 Å². The zero-order chi connectivity index (χ0) is 16.3. The molecule has 22 heavy (non-hydrogen) atoms. The summed E-state index contributed by atoms with van der Waals surface area (Å²) in [5.74, 6) is 0.676. The fourth-order valence-corrected chi connectivity index (χ4v) is 2.59. The number of aromatic nitrogens is 3. The van der Waals surface area contributed by atoms with Gasteiger partial charge in [-0.25, -0.2) is 0 Å². The van der Waals surface area contributed by atoms with Crippen LogP contribution in [0.2, 0.25) is 0 Å². The molecule has 2 aromatic rings. The third-order valence-electron chi connectivity index (χ3n) is 3.26. The van der Waals surface area contributed by atoms with Crippen molar-refractivity contribution in [2.45, 2.75) is 31.2 Å². The van der Waals surface area contributed by atoms with Gasteiger partial charge in [-0.3, -0.25) is 9.59 Å². The number of rotatable bonds is 5. The van der Waals surface area contributed by atoms with E-state index in [1.807, 2.05) is 25.5 Å². The second-order valence-electron chi connectivity index (χ2n) is 4.97. The van der Waals surface area contributed by atoms with Crippen LogP contribution in [0.25, 0.3) is 0 Å². The zero-order valence-corrected chi connectivity index (χ0v) is 13.8. The fourth-order valence-electron chi connectivity index (χ4n) is 1.73. The molecule has 0 saturated heterocycles. The standard InChI is InChI=1S/C15H18N4O2S/c1-9(20)12-5-7-13(8-6-12)16-14(21)10(2)22-15-18-17-11(3)19(15)4/h5-8,10H,1-4H3,(H,16,21)/t10-/m0/s1. The maximum atomic E-state index is 12.2. The second kappa shape index (κ2) is 6.74. The van der Waals surface area contributed by atoms with Crippen LogP contribution in [0.3, 0.4) is 0 Å². The number of ketones is 1. The molecule has 0 aliphatic carbocycles. The summed E-state index contributed by atoms with van der Waals surface area (Å²) in [5.41, 5.74) is 1.28. The van der Waals surface area contributed by atoms with Gasteiger partial charge in [0.2, 0.25) is 5.91 Å². The normalized spacial score (nSPS) is 12.0. The van der Waals surface area contributed by atoms with Crippen LogP contribution >= 0.6 is 11.8 Å². The molecule has 1 N–H and O–H groups in total. The van der Waals surface area contributed by atoms with Crippen LogP contribution in [-0.4, -0.2) is 31.7 Å². The Balaban J connectivity index is 1.99. The number of nitrogens with one attached hydrogen (secondary N) is 1. The first-order valence-corrected chi connectivity index (χ1v) is 7.71. The number of carbonyl (C=O) groups excluding carboxylic acids is 2. The highest BCUT2D eigenvalue weighted by Gasteiger charge is 2.18. The maximum absolute atomic E-state index is 12.2. The van der Waals surface area contributed by atoms with Crippen LogP contribution in [0.1, 0.15) is 30.0 Å². The Bertz CT molecular complexity index is 694. The smallest absolute Gasteiger partial charge is 0.237 e. The minimum Gasteiger partial charge on any atom is -0.325 e. The lowest BCUT2D eigenvalue weighted by Gasteiger charge is -2.11. The molecule has 0 aliphatic heterocycles. The van der Waals surface area contributed by atoms with Gasteiger partial charge in [-0.15, -0.1) is 10.2 Å². The van der Waals surface area contributed by atoms with E-state index in [0.717, 1.165) is 5.82 Å². The zero-order valence-electron chi connectivity index (χ0n) is 13.0. The SMILES string of the molecule is CC(=O)c1ccc(NC(=O)[C@H](C)Sc2nnc(C)n2C)cc1. The number of hydrogen-bond donors (Lipinski definition) is 1. The second-order valence-corrected chi connectivity index (χ2v) is 6.28. The Morgan fingerprint density at radius 1 is 1.23 bits per heavy atom. The number of anilines is 1. The molecular weight excluding hydrogens is 300 g/mol. The molecule has 116 valence electrons. The van der Waals surface area contributed by atoms with Crippen LogP contribution < -0.4 is 5.32 Å². The van der Waals surface area contributed by atoms with Gasteiger partial charge in [0.25, 0.3) is 0 Å². The minimum atomic E-state index is -0.310. The molecule has 1 aromatic heterocycles. The first-order valence-electron chi connectivity index (χ1n) is 6.83. The lowest BCUT2D eigenvalue weighted by molar-refractivity contribution is -0.115. The van der Waals surface area contributed by atoms with Gasteiger partial charge < -0.3 is 9.88 Å². The molecule has 1 amide bonds. The summed E-state index contributed by atoms with van der Waals surface area (Å²) in [6, 6.07) is 6.83. The number of thioether (sulfide) groups is 1. The minimum absolute atomic E-state index is 0.000507. The van der Waals surface area contributed by atoms with Crippen molar-refractivity contribution in [3.8, 4) is 0 Å². The lowest BCUT2D eigenvalue weighted by Crippen LogP contribution is -2.22. The summed E-state index contributed by atoms with van der Waals surface area (Å²) in [4.78, 5) is 23.4. The van der Waals surface area contributed by atoms with E-state index in [-0.39, 0.29) is 16.9 Å². The summed E-state index contributed by atoms with van der Waals surface area (Å²) in [5, 5.41) is 11.2. The summed E-state index contributed by atoms with van der Waals surface area (Å²) < 4.78 is 1.84. The van der Waals surface area contributed by atoms with E-state index in [2.05, 4.69) is 15.5 Å². The molecule has 0 unspecified atom stereocenters. The third kappa shape index (κ3) is 3.73. The molecule has 0 bridgehead atoms. The Hall–Kier alpha value is -2.15. The van der Waals surface area contributed by atoms with E-state index in [1.165, 1.54) is 18.7 Å². The van der Waals surface area contributed by atoms with Crippen LogP contribution in [0.5, 0.6) is 0 Å². The average Bonchev–Trinajstić information content (AvgIpc) is 2.79. The first-order chi connectivity index (χ1) is 10.4. The summed E-state index contributed by atoms with van der Waals surface area (Å²) in [7, 11) is 1.86. The van der Waals surface area contributed by atoms with Crippen LogP contribution in [0.4, 0.5) is 5.69 Å². The van der Waals surface area contributed by atoms with Gasteiger partial charge in [-0.05, 0) is 45.0 Å². The van der Waals surface area contributed by atoms with Crippen molar-refractivity contribution in [1.82, 2.24) is 14.8 Å². The van der Waals surface area contributed by atoms with Gasteiger partial charge >= 0.3 is 0 Å². The van der Waals surface area contributed by atoms with E-state index in [1.54, 1.807) is 24.3 Å². The largest absolute Gasteiger partial charge is 0.325 e. The number of nitrogens with zero attached hydrogens (tertiary/aromatic N) is 3. The van der Waals surface area contributed by atoms with Gasteiger partial charge in [0, 0.05) is 18.3 Å². The molecule has 0 aliphatic rings. The molecule has 1 heterocycles. The average molecular weight is 318 g/mol. The van der Waals surface area contributed by atoms with Gasteiger partial charge in [-0.1, -0.05) is 11.8 Å². The molecule has 2 rings (SSSR count). The first kappa shape index (κ1) is 16.2. The third-order valence-corrected chi connectivity index (χ3v) is 4.40. The van der Waals surface area contributed by atoms with E-state index in [4.69, 9.17) is 0 Å². The molecule has 0 saturated carbocycles. The van der Waals surface area contributed by atoms with Crippen molar-refractivity contribution in [3.63, 3.8) is 0 Å². The number of aryl methyl sites for hydroxylation is 1. The van der Waals surface area contributed by atoms with Crippen molar-refractivity contribution in [2.24, 2.45) is 7.05 Å². The maximum Gasteiger partial charge on any atom is 0.237 e. The van der Waals surface area contributed by atoms with Gasteiger partial charge in [0.1, 0.15) is 5.82 Å². The fraction of sp³-hybridized carbons (Fsp3) is 0.333. The number of carbonyl (C=O) groups is 2. The number of amides is 1. The summed E-state index contributed by atoms with van der Waals surface area (Å²) >= 11 is 1.35. The number of benzene rings is 1. The van der Waals surface area contributed by atoms with Crippen molar-refractivity contribution in [3.05, 3.63) is 35.7 Å². The predicted molar refractivity (Wildman–Crippen MR) is 86.1 cm³/mol. The van der Waals surface area contributed by atoms with Crippen LogP contribution in [-0.2, 0) is 11.8 Å². The molecule has 0 spiro atoms. The van der Waals surface area contributed by atoms with Crippen molar-refractivity contribution in [2.75, 3.05) is 5.32 Å². The highest BCUT2D eigenvalue weighted by atomic mass is 32.2. The lowest BCUT2D eigenvalue weighted by atomic mass is 10.1. The predicted octanol–water partition coefficient (Wildman–Crippen LogP) is 2.45. The Labute approximate surface area is 133 Å². The molecule has 6 nitrogen and oxygen atoms in total. The highest BCUT2D eigenvalue weighted by molar-refractivity contribution is 8.00. The molecule has 1 atom stereocenters. The molecule has 7 heteroatoms. The Morgan fingerprint density at radius 2 is 1.86 bits per heavy atom. The van der Waals surface area contributed by atoms with Gasteiger partial charge in [-0.2, -0.15) is 0 Å². The van der Waals surface area contributed by atoms with Crippen molar-refractivity contribution >= 4 is 29.1 Å². The molecule has 0 fully saturated rings. The monoisotopic (exact) mass is 318 g/mol. The Morgan fingerprint density at radius 3 is 2.36 bits per heavy atom. The van der Waals surface area contributed by atoms with Gasteiger partial charge in [0.05, 0.1) is 5.25 Å². The van der Waals surface area contributed by atoms with E-state index in [9.17, 15) is 9.59 Å². The van der Waals surface area contributed by atoms with Crippen LogP contribution in [0.15, 0.2) is 29.4 Å². The van der Waals surface area contributed by atoms with Crippen molar-refractivity contribution < 1.29 is 9.59 Å². The van der Waals surface area contributed by atoms with E-state index >= 15 is 0 Å². The van der Waals surface area contributed by atoms with Gasteiger partial charge in [0.15, 0.2) is 10.9 Å². The quantitative estimate of drug-likeness (QED) is 0.677. The van der Waals surface area contributed by atoms with E-state index in [0.29, 0.717) is 16.4 Å².